The molecule has 6 nitrogen and oxygen atoms in total. The number of hydrogen-bond acceptors (Lipinski definition) is 6. The molecule has 0 N–H and O–H groups in total. The van der Waals surface area contributed by atoms with Crippen LogP contribution in [0.4, 0.5) is 10.5 Å². The minimum Gasteiger partial charge on any atom is -0.446 e. The van der Waals surface area contributed by atoms with E-state index in [1.807, 2.05) is 29.4 Å². The van der Waals surface area contributed by atoms with Gasteiger partial charge in [0, 0.05) is 37.0 Å². The number of thiophene rings is 1. The lowest BCUT2D eigenvalue weighted by atomic mass is 9.82. The first-order chi connectivity index (χ1) is 19.1. The van der Waals surface area contributed by atoms with E-state index in [2.05, 4.69) is 24.0 Å². The molecule has 39 heavy (non-hydrogen) atoms. The number of anilines is 1. The molecule has 2 saturated carbocycles. The molecule has 0 unspecified atom stereocenters. The summed E-state index contributed by atoms with van der Waals surface area (Å²) in [6.45, 7) is 4.88. The Morgan fingerprint density at radius 2 is 1.79 bits per heavy atom. The fourth-order valence-corrected chi connectivity index (χ4v) is 9.52. The van der Waals surface area contributed by atoms with Gasteiger partial charge in [-0.25, -0.2) is 4.79 Å². The zero-order valence-corrected chi connectivity index (χ0v) is 25.3. The summed E-state index contributed by atoms with van der Waals surface area (Å²) in [5, 5.41) is 1.08. The molecule has 0 aromatic carbocycles. The van der Waals surface area contributed by atoms with Crippen molar-refractivity contribution in [2.24, 2.45) is 11.8 Å². The van der Waals surface area contributed by atoms with Crippen molar-refractivity contribution in [2.45, 2.75) is 96.1 Å². The molecule has 3 heterocycles. The van der Waals surface area contributed by atoms with Crippen LogP contribution in [-0.4, -0.2) is 66.6 Å². The second-order valence-corrected chi connectivity index (χ2v) is 14.0. The van der Waals surface area contributed by atoms with Gasteiger partial charge in [-0.1, -0.05) is 36.8 Å². The number of ether oxygens (including phenoxy) is 3. The van der Waals surface area contributed by atoms with Crippen molar-refractivity contribution >= 4 is 49.7 Å². The first kappa shape index (κ1) is 27.6. The Labute approximate surface area is 241 Å². The average molecular weight is 573 g/mol. The molecular formula is C31H44N2O4S2. The summed E-state index contributed by atoms with van der Waals surface area (Å²) in [5.74, 6) is 1.42. The number of carbonyl (C=O) groups is 1. The fourth-order valence-electron chi connectivity index (χ4n) is 6.92. The number of morpholine rings is 1. The summed E-state index contributed by atoms with van der Waals surface area (Å²) in [6.07, 6.45) is 16.4. The van der Waals surface area contributed by atoms with Crippen molar-refractivity contribution < 1.29 is 19.0 Å². The van der Waals surface area contributed by atoms with Crippen molar-refractivity contribution in [3.05, 3.63) is 21.9 Å². The number of rotatable bonds is 4. The lowest BCUT2D eigenvalue weighted by molar-refractivity contribution is 0.00467. The van der Waals surface area contributed by atoms with Gasteiger partial charge in [-0.15, -0.1) is 11.3 Å². The van der Waals surface area contributed by atoms with Crippen LogP contribution in [0.15, 0.2) is 12.1 Å². The molecule has 2 aliphatic heterocycles. The Kier molecular flexibility index (Phi) is 8.83. The zero-order valence-electron chi connectivity index (χ0n) is 23.6. The third-order valence-electron chi connectivity index (χ3n) is 9.30. The van der Waals surface area contributed by atoms with Gasteiger partial charge in [0.25, 0.3) is 0 Å². The van der Waals surface area contributed by atoms with Gasteiger partial charge in [0.05, 0.1) is 28.8 Å². The number of nitrogens with zero attached hydrogens (tertiary/aromatic N) is 2. The quantitative estimate of drug-likeness (QED) is 0.360. The standard InChI is InChI=1S/C31H44N2O4S2/c1-21-8-10-23(11-9-21)29-33(24-12-14-25(15-13-24)37-31(34)32-16-18-36-19-17-32)26-20-27(22-6-4-3-5-7-22)38-28(26)30(35-2)39-29/h6,20-21,23-25H,3-5,7-19H2,1-2H3. The molecule has 5 aliphatic rings. The molecule has 1 amide bonds. The van der Waals surface area contributed by atoms with Gasteiger partial charge in [-0.05, 0) is 81.8 Å². The van der Waals surface area contributed by atoms with Crippen molar-refractivity contribution in [3.8, 4) is 0 Å². The molecule has 0 bridgehead atoms. The SMILES string of the molecule is COC1=S=C(C2CCC(C)CC2)N(C2CCC(OC(=O)N3CCOCC3)CC2)c2cc(C3=CCCCC3)sc21. The predicted molar refractivity (Wildman–Crippen MR) is 163 cm³/mol. The Bertz CT molecular complexity index is 1130. The minimum atomic E-state index is -0.163. The molecule has 8 heteroatoms. The molecule has 0 atom stereocenters. The highest BCUT2D eigenvalue weighted by Gasteiger charge is 2.38. The van der Waals surface area contributed by atoms with E-state index in [0.29, 0.717) is 38.3 Å². The third-order valence-corrected chi connectivity index (χ3v) is 11.9. The fraction of sp³-hybridized carbons (Fsp3) is 0.710. The van der Waals surface area contributed by atoms with Crippen molar-refractivity contribution in [1.29, 1.82) is 0 Å². The van der Waals surface area contributed by atoms with Crippen LogP contribution in [0.1, 0.15) is 93.7 Å². The van der Waals surface area contributed by atoms with Gasteiger partial charge >= 0.3 is 6.09 Å². The molecule has 0 spiro atoms. The molecule has 1 aromatic rings. The molecule has 1 aromatic heterocycles. The molecule has 1 saturated heterocycles. The predicted octanol–water partition coefficient (Wildman–Crippen LogP) is 7.12. The molecular weight excluding hydrogens is 528 g/mol. The summed E-state index contributed by atoms with van der Waals surface area (Å²) >= 11 is 1.92. The maximum Gasteiger partial charge on any atom is 0.410 e. The van der Waals surface area contributed by atoms with Crippen LogP contribution >= 0.6 is 22.3 Å². The number of hydrogen-bond donors (Lipinski definition) is 0. The lowest BCUT2D eigenvalue weighted by Gasteiger charge is -2.43. The monoisotopic (exact) mass is 572 g/mol. The topological polar surface area (TPSA) is 51.2 Å². The number of amides is 1. The average Bonchev–Trinajstić information content (AvgIpc) is 3.44. The summed E-state index contributed by atoms with van der Waals surface area (Å²) in [7, 11) is 3.74. The Balaban J connectivity index is 1.25. The summed E-state index contributed by atoms with van der Waals surface area (Å²) in [5.41, 5.74) is 2.88. The largest absolute Gasteiger partial charge is 0.446 e. The highest BCUT2D eigenvalue weighted by molar-refractivity contribution is 7.98. The Morgan fingerprint density at radius 3 is 2.49 bits per heavy atom. The van der Waals surface area contributed by atoms with E-state index in [1.165, 1.54) is 77.4 Å². The van der Waals surface area contributed by atoms with E-state index in [4.69, 9.17) is 14.2 Å². The van der Waals surface area contributed by atoms with Crippen LogP contribution < -0.4 is 4.90 Å². The van der Waals surface area contributed by atoms with Gasteiger partial charge < -0.3 is 24.0 Å². The lowest BCUT2D eigenvalue weighted by Crippen LogP contribution is -2.48. The molecule has 214 valence electrons. The Morgan fingerprint density at radius 1 is 1.03 bits per heavy atom. The van der Waals surface area contributed by atoms with Crippen LogP contribution in [0.3, 0.4) is 0 Å². The second-order valence-electron chi connectivity index (χ2n) is 12.0. The number of allylic oxidation sites excluding steroid dienone is 2. The highest BCUT2D eigenvalue weighted by atomic mass is 32.1. The van der Waals surface area contributed by atoms with Crippen molar-refractivity contribution in [2.75, 3.05) is 38.3 Å². The third kappa shape index (κ3) is 6.04. The first-order valence-corrected chi connectivity index (χ1v) is 16.9. The van der Waals surface area contributed by atoms with Gasteiger partial charge in [0.15, 0.2) is 0 Å². The van der Waals surface area contributed by atoms with Crippen LogP contribution in [0, 0.1) is 11.8 Å². The maximum atomic E-state index is 12.7. The van der Waals surface area contributed by atoms with E-state index in [-0.39, 0.29) is 12.2 Å². The maximum absolute atomic E-state index is 12.7. The number of carbonyl (C=O) groups excluding carboxylic acids is 1. The smallest absolute Gasteiger partial charge is 0.410 e. The molecule has 6 rings (SSSR count). The highest BCUT2D eigenvalue weighted by Crippen LogP contribution is 2.45. The normalized spacial score (nSPS) is 29.9. The molecule has 3 fully saturated rings. The zero-order chi connectivity index (χ0) is 26.8. The van der Waals surface area contributed by atoms with Crippen LogP contribution in [0.25, 0.3) is 5.57 Å². The van der Waals surface area contributed by atoms with Gasteiger partial charge in [-0.3, -0.25) is 0 Å². The molecule has 0 radical (unpaired) electrons. The van der Waals surface area contributed by atoms with E-state index in [1.54, 1.807) is 4.90 Å². The number of methoxy groups -OCH3 is 1. The van der Waals surface area contributed by atoms with Crippen LogP contribution in [0.5, 0.6) is 0 Å². The van der Waals surface area contributed by atoms with E-state index < -0.39 is 0 Å². The first-order valence-electron chi connectivity index (χ1n) is 15.2. The van der Waals surface area contributed by atoms with E-state index in [9.17, 15) is 4.79 Å². The van der Waals surface area contributed by atoms with Gasteiger partial charge in [0.1, 0.15) is 11.2 Å². The van der Waals surface area contributed by atoms with Crippen molar-refractivity contribution in [3.63, 3.8) is 0 Å². The Hall–Kier alpha value is -1.61. The van der Waals surface area contributed by atoms with Gasteiger partial charge in [-0.2, -0.15) is 0 Å². The second kappa shape index (κ2) is 12.5. The summed E-state index contributed by atoms with van der Waals surface area (Å²) in [6, 6.07) is 2.91. The van der Waals surface area contributed by atoms with Crippen LogP contribution in [-0.2, 0) is 14.2 Å². The summed E-state index contributed by atoms with van der Waals surface area (Å²) < 4.78 is 17.4. The van der Waals surface area contributed by atoms with E-state index >= 15 is 0 Å². The van der Waals surface area contributed by atoms with E-state index in [0.717, 1.165) is 36.7 Å². The van der Waals surface area contributed by atoms with Crippen LogP contribution in [0.2, 0.25) is 0 Å². The number of fused-ring (bicyclic) bond motifs is 1. The molecule has 3 aliphatic carbocycles. The summed E-state index contributed by atoms with van der Waals surface area (Å²) in [4.78, 5) is 21.5. The van der Waals surface area contributed by atoms with Gasteiger partial charge in [0.2, 0.25) is 0 Å². The minimum absolute atomic E-state index is 0.0130. The van der Waals surface area contributed by atoms with Crippen molar-refractivity contribution in [1.82, 2.24) is 4.90 Å².